The molecule has 0 aliphatic heterocycles. The highest BCUT2D eigenvalue weighted by Crippen LogP contribution is 2.07. The van der Waals surface area contributed by atoms with Crippen molar-refractivity contribution in [3.8, 4) is 0 Å². The van der Waals surface area contributed by atoms with Crippen LogP contribution in [0.1, 0.15) is 22.3 Å². The molecule has 0 aliphatic rings. The molecule has 0 bridgehead atoms. The lowest BCUT2D eigenvalue weighted by molar-refractivity contribution is -0.129. The molecule has 0 spiro atoms. The largest absolute Gasteiger partial charge is 0.478 e. The topological polar surface area (TPSA) is 60.9 Å². The van der Waals surface area contributed by atoms with Crippen molar-refractivity contribution in [1.82, 2.24) is 9.80 Å². The van der Waals surface area contributed by atoms with Crippen LogP contribution in [0.15, 0.2) is 24.3 Å². The van der Waals surface area contributed by atoms with Crippen LogP contribution in [0.3, 0.4) is 0 Å². The summed E-state index contributed by atoms with van der Waals surface area (Å²) in [6.07, 6.45) is 0.483. The number of rotatable bonds is 6. The molecule has 1 rings (SSSR count). The van der Waals surface area contributed by atoms with Gasteiger partial charge in [-0.2, -0.15) is 0 Å². The van der Waals surface area contributed by atoms with Gasteiger partial charge in [0.2, 0.25) is 5.91 Å². The number of benzene rings is 1. The van der Waals surface area contributed by atoms with Gasteiger partial charge in [-0.15, -0.1) is 0 Å². The molecule has 104 valence electrons. The minimum absolute atomic E-state index is 0.105. The number of aromatic carboxylic acids is 1. The standard InChI is InChI=1S/C14H20N2O3/c1-15(2)13(17)8-9-16(3)10-11-4-6-12(7-5-11)14(18)19/h4-7H,8-10H2,1-3H3,(H,18,19). The van der Waals surface area contributed by atoms with Crippen LogP contribution in [0.25, 0.3) is 0 Å². The van der Waals surface area contributed by atoms with Crippen molar-refractivity contribution in [2.45, 2.75) is 13.0 Å². The molecule has 1 N–H and O–H groups in total. The van der Waals surface area contributed by atoms with E-state index in [9.17, 15) is 9.59 Å². The Bertz CT molecular complexity index is 441. The SMILES string of the molecule is CN(CCC(=O)N(C)C)Cc1ccc(C(=O)O)cc1. The first kappa shape index (κ1) is 15.2. The normalized spacial score (nSPS) is 10.5. The predicted molar refractivity (Wildman–Crippen MR) is 73.0 cm³/mol. The zero-order chi connectivity index (χ0) is 14.4. The first-order chi connectivity index (χ1) is 8.90. The van der Waals surface area contributed by atoms with Crippen LogP contribution in [0.4, 0.5) is 0 Å². The summed E-state index contributed by atoms with van der Waals surface area (Å²) in [6.45, 7) is 1.37. The van der Waals surface area contributed by atoms with E-state index in [2.05, 4.69) is 0 Å². The zero-order valence-electron chi connectivity index (χ0n) is 11.6. The van der Waals surface area contributed by atoms with Crippen molar-refractivity contribution >= 4 is 11.9 Å². The van der Waals surface area contributed by atoms with Crippen molar-refractivity contribution < 1.29 is 14.7 Å². The maximum absolute atomic E-state index is 11.5. The Labute approximate surface area is 113 Å². The lowest BCUT2D eigenvalue weighted by Crippen LogP contribution is -2.27. The summed E-state index contributed by atoms with van der Waals surface area (Å²) in [4.78, 5) is 25.8. The molecular formula is C14H20N2O3. The average molecular weight is 264 g/mol. The average Bonchev–Trinajstić information content (AvgIpc) is 2.36. The number of amides is 1. The molecule has 0 unspecified atom stereocenters. The number of carboxylic acid groups (broad SMARTS) is 1. The maximum atomic E-state index is 11.5. The van der Waals surface area contributed by atoms with Crippen LogP contribution in [-0.4, -0.2) is 54.5 Å². The summed E-state index contributed by atoms with van der Waals surface area (Å²) in [5.41, 5.74) is 1.32. The molecule has 1 amide bonds. The predicted octanol–water partition coefficient (Wildman–Crippen LogP) is 1.29. The Kier molecular flexibility index (Phi) is 5.51. The number of carbonyl (C=O) groups is 2. The highest BCUT2D eigenvalue weighted by molar-refractivity contribution is 5.87. The Morgan fingerprint density at radius 3 is 2.16 bits per heavy atom. The van der Waals surface area contributed by atoms with Gasteiger partial charge in [0.25, 0.3) is 0 Å². The van der Waals surface area contributed by atoms with E-state index in [-0.39, 0.29) is 11.5 Å². The molecule has 0 saturated carbocycles. The van der Waals surface area contributed by atoms with Gasteiger partial charge in [0, 0.05) is 33.6 Å². The van der Waals surface area contributed by atoms with E-state index < -0.39 is 5.97 Å². The second-order valence-electron chi connectivity index (χ2n) is 4.78. The number of carbonyl (C=O) groups excluding carboxylic acids is 1. The lowest BCUT2D eigenvalue weighted by atomic mass is 10.1. The molecule has 0 fully saturated rings. The summed E-state index contributed by atoms with van der Waals surface area (Å²) < 4.78 is 0. The third kappa shape index (κ3) is 5.09. The minimum atomic E-state index is -0.920. The number of carboxylic acids is 1. The summed E-state index contributed by atoms with van der Waals surface area (Å²) >= 11 is 0. The molecule has 1 aromatic rings. The van der Waals surface area contributed by atoms with Crippen LogP contribution in [0, 0.1) is 0 Å². The number of hydrogen-bond acceptors (Lipinski definition) is 3. The summed E-state index contributed by atoms with van der Waals surface area (Å²) in [6, 6.07) is 6.79. The van der Waals surface area contributed by atoms with Gasteiger partial charge < -0.3 is 14.9 Å². The van der Waals surface area contributed by atoms with E-state index in [1.165, 1.54) is 0 Å². The molecular weight excluding hydrogens is 244 g/mol. The van der Waals surface area contributed by atoms with Gasteiger partial charge in [0.1, 0.15) is 0 Å². The molecule has 0 saturated heterocycles. The van der Waals surface area contributed by atoms with Gasteiger partial charge >= 0.3 is 5.97 Å². The molecule has 0 aromatic heterocycles. The van der Waals surface area contributed by atoms with Gasteiger partial charge in [-0.1, -0.05) is 12.1 Å². The minimum Gasteiger partial charge on any atom is -0.478 e. The molecule has 0 atom stereocenters. The molecule has 0 radical (unpaired) electrons. The van der Waals surface area contributed by atoms with E-state index in [1.54, 1.807) is 43.3 Å². The molecule has 0 heterocycles. The van der Waals surface area contributed by atoms with Gasteiger partial charge in [0.05, 0.1) is 5.56 Å². The van der Waals surface area contributed by atoms with Crippen molar-refractivity contribution in [3.05, 3.63) is 35.4 Å². The lowest BCUT2D eigenvalue weighted by Gasteiger charge is -2.18. The molecule has 19 heavy (non-hydrogen) atoms. The first-order valence-electron chi connectivity index (χ1n) is 6.11. The second kappa shape index (κ2) is 6.89. The van der Waals surface area contributed by atoms with Crippen molar-refractivity contribution in [3.63, 3.8) is 0 Å². The first-order valence-corrected chi connectivity index (χ1v) is 6.11. The van der Waals surface area contributed by atoms with E-state index in [0.717, 1.165) is 5.56 Å². The van der Waals surface area contributed by atoms with E-state index >= 15 is 0 Å². The molecule has 0 aliphatic carbocycles. The van der Waals surface area contributed by atoms with Gasteiger partial charge in [0.15, 0.2) is 0 Å². The number of nitrogens with zero attached hydrogens (tertiary/aromatic N) is 2. The van der Waals surface area contributed by atoms with Crippen LogP contribution >= 0.6 is 0 Å². The fourth-order valence-electron chi connectivity index (χ4n) is 1.65. The van der Waals surface area contributed by atoms with Crippen LogP contribution in [0.5, 0.6) is 0 Å². The molecule has 5 heteroatoms. The van der Waals surface area contributed by atoms with Crippen LogP contribution in [0.2, 0.25) is 0 Å². The van der Waals surface area contributed by atoms with Crippen LogP contribution in [-0.2, 0) is 11.3 Å². The Morgan fingerprint density at radius 1 is 1.11 bits per heavy atom. The smallest absolute Gasteiger partial charge is 0.335 e. The fourth-order valence-corrected chi connectivity index (χ4v) is 1.65. The fraction of sp³-hybridized carbons (Fsp3) is 0.429. The summed E-state index contributed by atoms with van der Waals surface area (Å²) in [7, 11) is 5.42. The van der Waals surface area contributed by atoms with Gasteiger partial charge in [-0.05, 0) is 24.7 Å². The van der Waals surface area contributed by atoms with Gasteiger partial charge in [-0.25, -0.2) is 4.79 Å². The molecule has 5 nitrogen and oxygen atoms in total. The summed E-state index contributed by atoms with van der Waals surface area (Å²) in [5.74, 6) is -0.815. The van der Waals surface area contributed by atoms with Crippen LogP contribution < -0.4 is 0 Å². The van der Waals surface area contributed by atoms with Crippen molar-refractivity contribution in [2.24, 2.45) is 0 Å². The maximum Gasteiger partial charge on any atom is 0.335 e. The van der Waals surface area contributed by atoms with Crippen molar-refractivity contribution in [2.75, 3.05) is 27.7 Å². The van der Waals surface area contributed by atoms with Gasteiger partial charge in [-0.3, -0.25) is 4.79 Å². The van der Waals surface area contributed by atoms with Crippen molar-refractivity contribution in [1.29, 1.82) is 0 Å². The van der Waals surface area contributed by atoms with E-state index in [4.69, 9.17) is 5.11 Å². The zero-order valence-corrected chi connectivity index (χ0v) is 11.6. The van der Waals surface area contributed by atoms with E-state index in [0.29, 0.717) is 19.5 Å². The Balaban J connectivity index is 2.46. The highest BCUT2D eigenvalue weighted by Gasteiger charge is 2.07. The monoisotopic (exact) mass is 264 g/mol. The highest BCUT2D eigenvalue weighted by atomic mass is 16.4. The Morgan fingerprint density at radius 2 is 1.68 bits per heavy atom. The quantitative estimate of drug-likeness (QED) is 0.841. The Hall–Kier alpha value is -1.88. The number of hydrogen-bond donors (Lipinski definition) is 1. The second-order valence-corrected chi connectivity index (χ2v) is 4.78. The van der Waals surface area contributed by atoms with E-state index in [1.807, 2.05) is 11.9 Å². The third-order valence-corrected chi connectivity index (χ3v) is 2.86. The summed E-state index contributed by atoms with van der Waals surface area (Å²) in [5, 5.41) is 8.80. The molecule has 1 aromatic carbocycles. The third-order valence-electron chi connectivity index (χ3n) is 2.86.